The first-order valence-electron chi connectivity index (χ1n) is 6.12. The number of nitrogens with zero attached hydrogens (tertiary/aromatic N) is 4. The summed E-state index contributed by atoms with van der Waals surface area (Å²) in [4.78, 5) is 17.3. The lowest BCUT2D eigenvalue weighted by Crippen LogP contribution is -2.04. The molecule has 0 bridgehead atoms. The van der Waals surface area contributed by atoms with Crippen LogP contribution in [0.1, 0.15) is 31.0 Å². The van der Waals surface area contributed by atoms with Gasteiger partial charge in [-0.1, -0.05) is 13.8 Å². The third kappa shape index (κ3) is 3.20. The Bertz CT molecular complexity index is 571. The number of rotatable bonds is 4. The normalized spacial score (nSPS) is 10.8. The molecule has 2 heterocycles. The van der Waals surface area contributed by atoms with Crippen LogP contribution in [0, 0.1) is 6.92 Å². The minimum Gasteiger partial charge on any atom is -0.373 e. The molecule has 1 N–H and O–H groups in total. The molecule has 2 aromatic heterocycles. The highest BCUT2D eigenvalue weighted by molar-refractivity contribution is 7.99. The van der Waals surface area contributed by atoms with E-state index < -0.39 is 0 Å². The van der Waals surface area contributed by atoms with E-state index in [-0.39, 0.29) is 0 Å². The monoisotopic (exact) mass is 275 g/mol. The number of anilines is 1. The first-order chi connectivity index (χ1) is 9.11. The van der Waals surface area contributed by atoms with Crippen molar-refractivity contribution in [3.05, 3.63) is 29.8 Å². The van der Waals surface area contributed by atoms with E-state index in [1.807, 2.05) is 20.0 Å². The van der Waals surface area contributed by atoms with Crippen molar-refractivity contribution in [2.24, 2.45) is 0 Å². The van der Waals surface area contributed by atoms with Gasteiger partial charge in [-0.25, -0.2) is 19.9 Å². The molecule has 0 unspecified atom stereocenters. The van der Waals surface area contributed by atoms with Gasteiger partial charge >= 0.3 is 0 Å². The standard InChI is InChI=1S/C13H17N5S/c1-8(2)10-11(14-4)16-7-17-12(10)19-13-15-6-5-9(3)18-13/h5-8H,1-4H3,(H,14,16,17). The minimum atomic E-state index is 0.330. The minimum absolute atomic E-state index is 0.330. The predicted molar refractivity (Wildman–Crippen MR) is 76.6 cm³/mol. The van der Waals surface area contributed by atoms with Crippen LogP contribution in [0.2, 0.25) is 0 Å². The van der Waals surface area contributed by atoms with Crippen LogP contribution in [0.5, 0.6) is 0 Å². The van der Waals surface area contributed by atoms with Crippen molar-refractivity contribution >= 4 is 17.6 Å². The van der Waals surface area contributed by atoms with Crippen molar-refractivity contribution in [3.8, 4) is 0 Å². The van der Waals surface area contributed by atoms with Gasteiger partial charge in [0.25, 0.3) is 0 Å². The maximum atomic E-state index is 4.40. The molecule has 2 rings (SSSR count). The fourth-order valence-corrected chi connectivity index (χ4v) is 2.76. The van der Waals surface area contributed by atoms with Crippen LogP contribution in [0.3, 0.4) is 0 Å². The molecule has 0 saturated heterocycles. The van der Waals surface area contributed by atoms with Gasteiger partial charge in [-0.3, -0.25) is 0 Å². The van der Waals surface area contributed by atoms with Crippen molar-refractivity contribution < 1.29 is 0 Å². The summed E-state index contributed by atoms with van der Waals surface area (Å²) in [6.07, 6.45) is 3.33. The van der Waals surface area contributed by atoms with Crippen LogP contribution in [-0.2, 0) is 0 Å². The molecule has 0 aliphatic carbocycles. The third-order valence-corrected chi connectivity index (χ3v) is 3.52. The maximum Gasteiger partial charge on any atom is 0.194 e. The van der Waals surface area contributed by atoms with Gasteiger partial charge in [0.1, 0.15) is 17.2 Å². The summed E-state index contributed by atoms with van der Waals surface area (Å²) in [6, 6.07) is 1.88. The SMILES string of the molecule is CNc1ncnc(Sc2nccc(C)n2)c1C(C)C. The van der Waals surface area contributed by atoms with Crippen LogP contribution in [0.4, 0.5) is 5.82 Å². The maximum absolute atomic E-state index is 4.40. The molecule has 19 heavy (non-hydrogen) atoms. The smallest absolute Gasteiger partial charge is 0.194 e. The van der Waals surface area contributed by atoms with Crippen LogP contribution in [-0.4, -0.2) is 27.0 Å². The molecule has 0 radical (unpaired) electrons. The fraction of sp³-hybridized carbons (Fsp3) is 0.385. The predicted octanol–water partition coefficient (Wildman–Crippen LogP) is 2.89. The van der Waals surface area contributed by atoms with Crippen molar-refractivity contribution in [2.75, 3.05) is 12.4 Å². The van der Waals surface area contributed by atoms with E-state index in [2.05, 4.69) is 39.1 Å². The van der Waals surface area contributed by atoms with Crippen molar-refractivity contribution in [1.29, 1.82) is 0 Å². The van der Waals surface area contributed by atoms with Crippen LogP contribution >= 0.6 is 11.8 Å². The summed E-state index contributed by atoms with van der Waals surface area (Å²) in [5.74, 6) is 1.19. The van der Waals surface area contributed by atoms with E-state index in [9.17, 15) is 0 Å². The van der Waals surface area contributed by atoms with E-state index in [0.29, 0.717) is 11.1 Å². The van der Waals surface area contributed by atoms with Crippen LogP contribution < -0.4 is 5.32 Å². The highest BCUT2D eigenvalue weighted by atomic mass is 32.2. The summed E-state index contributed by atoms with van der Waals surface area (Å²) in [7, 11) is 1.87. The van der Waals surface area contributed by atoms with Gasteiger partial charge < -0.3 is 5.32 Å². The highest BCUT2D eigenvalue weighted by Gasteiger charge is 2.16. The Labute approximate surface area is 117 Å². The van der Waals surface area contributed by atoms with Gasteiger partial charge in [-0.2, -0.15) is 0 Å². The number of hydrogen-bond acceptors (Lipinski definition) is 6. The van der Waals surface area contributed by atoms with Crippen molar-refractivity contribution in [1.82, 2.24) is 19.9 Å². The van der Waals surface area contributed by atoms with Gasteiger partial charge in [-0.05, 0) is 30.7 Å². The zero-order chi connectivity index (χ0) is 13.8. The second-order valence-electron chi connectivity index (χ2n) is 4.43. The molecule has 0 aliphatic rings. The Hall–Kier alpha value is -1.69. The van der Waals surface area contributed by atoms with Crippen LogP contribution in [0.15, 0.2) is 28.8 Å². The largest absolute Gasteiger partial charge is 0.373 e. The second-order valence-corrected chi connectivity index (χ2v) is 5.38. The second kappa shape index (κ2) is 5.97. The molecule has 6 heteroatoms. The first kappa shape index (κ1) is 13.7. The van der Waals surface area contributed by atoms with Gasteiger partial charge in [-0.15, -0.1) is 0 Å². The molecule has 0 amide bonds. The van der Waals surface area contributed by atoms with Gasteiger partial charge in [0.2, 0.25) is 0 Å². The molecule has 5 nitrogen and oxygen atoms in total. The quantitative estimate of drug-likeness (QED) is 0.684. The lowest BCUT2D eigenvalue weighted by atomic mass is 10.1. The molecule has 0 saturated carbocycles. The Kier molecular flexibility index (Phi) is 4.31. The van der Waals surface area contributed by atoms with Gasteiger partial charge in [0, 0.05) is 24.5 Å². The number of aryl methyl sites for hydroxylation is 1. The summed E-state index contributed by atoms with van der Waals surface area (Å²) in [5.41, 5.74) is 2.05. The highest BCUT2D eigenvalue weighted by Crippen LogP contribution is 2.33. The summed E-state index contributed by atoms with van der Waals surface area (Å²) >= 11 is 1.47. The average Bonchev–Trinajstić information content (AvgIpc) is 2.38. The Morgan fingerprint density at radius 3 is 2.63 bits per heavy atom. The Balaban J connectivity index is 2.39. The van der Waals surface area contributed by atoms with Crippen LogP contribution in [0.25, 0.3) is 0 Å². The molecular weight excluding hydrogens is 258 g/mol. The van der Waals surface area contributed by atoms with Crippen molar-refractivity contribution in [3.63, 3.8) is 0 Å². The molecule has 2 aromatic rings. The van der Waals surface area contributed by atoms with Crippen molar-refractivity contribution in [2.45, 2.75) is 36.9 Å². The first-order valence-corrected chi connectivity index (χ1v) is 6.93. The van der Waals surface area contributed by atoms with Gasteiger partial charge in [0.15, 0.2) is 5.16 Å². The van der Waals surface area contributed by atoms with E-state index in [0.717, 1.165) is 22.1 Å². The zero-order valence-corrected chi connectivity index (χ0v) is 12.3. The van der Waals surface area contributed by atoms with E-state index in [1.54, 1.807) is 12.5 Å². The molecular formula is C13H17N5S. The molecule has 0 aromatic carbocycles. The molecule has 0 aliphatic heterocycles. The third-order valence-electron chi connectivity index (χ3n) is 2.62. The fourth-order valence-electron chi connectivity index (χ4n) is 1.74. The molecule has 0 spiro atoms. The number of nitrogens with one attached hydrogen (secondary N) is 1. The molecule has 0 atom stereocenters. The Morgan fingerprint density at radius 1 is 1.21 bits per heavy atom. The number of aromatic nitrogens is 4. The van der Waals surface area contributed by atoms with E-state index in [1.165, 1.54) is 11.8 Å². The average molecular weight is 275 g/mol. The van der Waals surface area contributed by atoms with E-state index >= 15 is 0 Å². The lowest BCUT2D eigenvalue weighted by molar-refractivity contribution is 0.803. The zero-order valence-electron chi connectivity index (χ0n) is 11.5. The summed E-state index contributed by atoms with van der Waals surface area (Å²) in [5, 5.41) is 4.72. The Morgan fingerprint density at radius 2 is 2.00 bits per heavy atom. The summed E-state index contributed by atoms with van der Waals surface area (Å²) in [6.45, 7) is 6.20. The van der Waals surface area contributed by atoms with E-state index in [4.69, 9.17) is 0 Å². The molecule has 0 fully saturated rings. The molecule has 100 valence electrons. The van der Waals surface area contributed by atoms with Gasteiger partial charge in [0.05, 0.1) is 0 Å². The lowest BCUT2D eigenvalue weighted by Gasteiger charge is -2.14. The summed E-state index contributed by atoms with van der Waals surface area (Å²) < 4.78 is 0. The number of hydrogen-bond donors (Lipinski definition) is 1. The topological polar surface area (TPSA) is 63.6 Å².